The maximum absolute atomic E-state index is 11.7. The summed E-state index contributed by atoms with van der Waals surface area (Å²) in [6.45, 7) is 9.93. The van der Waals surface area contributed by atoms with Gasteiger partial charge in [-0.2, -0.15) is 0 Å². The minimum Gasteiger partial charge on any atom is -0.465 e. The van der Waals surface area contributed by atoms with E-state index in [0.29, 0.717) is 13.2 Å². The third-order valence-corrected chi connectivity index (χ3v) is 5.67. The van der Waals surface area contributed by atoms with Gasteiger partial charge in [0.2, 0.25) is 0 Å². The average Bonchev–Trinajstić information content (AvgIpc) is 2.70. The van der Waals surface area contributed by atoms with E-state index in [1.54, 1.807) is 0 Å². The van der Waals surface area contributed by atoms with Crippen LogP contribution in [0.1, 0.15) is 137 Å². The fourth-order valence-corrected chi connectivity index (χ4v) is 3.67. The van der Waals surface area contributed by atoms with Crippen molar-refractivity contribution in [3.63, 3.8) is 0 Å². The van der Waals surface area contributed by atoms with Gasteiger partial charge in [-0.15, -0.1) is 0 Å². The molecule has 0 saturated heterocycles. The molecule has 0 aromatic heterocycles. The van der Waals surface area contributed by atoms with Crippen LogP contribution >= 0.6 is 0 Å². The van der Waals surface area contributed by atoms with Crippen molar-refractivity contribution in [2.45, 2.75) is 137 Å². The number of carbonyl (C=O) groups is 2. The quantitative estimate of drug-likeness (QED) is 0.0971. The molecule has 0 aromatic rings. The second-order valence-electron chi connectivity index (χ2n) is 9.93. The third-order valence-electron chi connectivity index (χ3n) is 5.67. The van der Waals surface area contributed by atoms with Gasteiger partial charge in [0.15, 0.2) is 0 Å². The Bertz CT molecular complexity index is 379. The summed E-state index contributed by atoms with van der Waals surface area (Å²) in [6.07, 6.45) is 19.2. The Labute approximate surface area is 193 Å². The molecule has 0 atom stereocenters. The molecule has 0 amide bonds. The van der Waals surface area contributed by atoms with Crippen LogP contribution < -0.4 is 0 Å². The SMILES string of the molecule is CC(C)CCCCCCCCCOC(=O)CC(=O)OCCCCCCCCCC(C)C. The number of hydrogen-bond acceptors (Lipinski definition) is 4. The molecule has 0 N–H and O–H groups in total. The van der Waals surface area contributed by atoms with E-state index in [2.05, 4.69) is 27.7 Å². The number of carbonyl (C=O) groups excluding carboxylic acids is 2. The second kappa shape index (κ2) is 22.1. The number of ether oxygens (including phenoxy) is 2. The van der Waals surface area contributed by atoms with Gasteiger partial charge >= 0.3 is 11.9 Å². The van der Waals surface area contributed by atoms with Crippen molar-refractivity contribution in [2.75, 3.05) is 13.2 Å². The molecule has 0 saturated carbocycles. The second-order valence-corrected chi connectivity index (χ2v) is 9.93. The predicted octanol–water partition coefficient (Wildman–Crippen LogP) is 8.02. The van der Waals surface area contributed by atoms with Gasteiger partial charge in [-0.1, -0.05) is 118 Å². The molecule has 0 spiro atoms. The van der Waals surface area contributed by atoms with Gasteiger partial charge < -0.3 is 9.47 Å². The summed E-state index contributed by atoms with van der Waals surface area (Å²) < 4.78 is 10.3. The Morgan fingerprint density at radius 3 is 1.10 bits per heavy atom. The molecular formula is C27H52O4. The van der Waals surface area contributed by atoms with Gasteiger partial charge in [-0.25, -0.2) is 0 Å². The van der Waals surface area contributed by atoms with Gasteiger partial charge in [0.05, 0.1) is 13.2 Å². The van der Waals surface area contributed by atoms with Crippen LogP contribution in [0.25, 0.3) is 0 Å². The highest BCUT2D eigenvalue weighted by Crippen LogP contribution is 2.13. The Kier molecular flexibility index (Phi) is 21.4. The fraction of sp³-hybridized carbons (Fsp3) is 0.926. The zero-order valence-electron chi connectivity index (χ0n) is 21.2. The van der Waals surface area contributed by atoms with E-state index in [1.165, 1.54) is 77.0 Å². The normalized spacial score (nSPS) is 11.3. The summed E-state index contributed by atoms with van der Waals surface area (Å²) in [4.78, 5) is 23.4. The molecular weight excluding hydrogens is 388 g/mol. The van der Waals surface area contributed by atoms with Crippen molar-refractivity contribution in [3.05, 3.63) is 0 Å². The molecule has 0 bridgehead atoms. The highest BCUT2D eigenvalue weighted by Gasteiger charge is 2.11. The minimum absolute atomic E-state index is 0.258. The lowest BCUT2D eigenvalue weighted by Gasteiger charge is -2.07. The lowest BCUT2D eigenvalue weighted by atomic mass is 10.0. The highest BCUT2D eigenvalue weighted by atomic mass is 16.6. The van der Waals surface area contributed by atoms with E-state index in [4.69, 9.17) is 9.47 Å². The summed E-state index contributed by atoms with van der Waals surface area (Å²) in [6, 6.07) is 0. The molecule has 0 radical (unpaired) electrons. The van der Waals surface area contributed by atoms with Gasteiger partial charge in [0, 0.05) is 0 Å². The van der Waals surface area contributed by atoms with E-state index >= 15 is 0 Å². The minimum atomic E-state index is -0.458. The van der Waals surface area contributed by atoms with Crippen molar-refractivity contribution in [1.82, 2.24) is 0 Å². The van der Waals surface area contributed by atoms with E-state index in [1.807, 2.05) is 0 Å². The summed E-state index contributed by atoms with van der Waals surface area (Å²) in [7, 11) is 0. The highest BCUT2D eigenvalue weighted by molar-refractivity contribution is 5.91. The smallest absolute Gasteiger partial charge is 0.317 e. The van der Waals surface area contributed by atoms with Crippen LogP contribution in [0.15, 0.2) is 0 Å². The zero-order valence-corrected chi connectivity index (χ0v) is 21.2. The zero-order chi connectivity index (χ0) is 23.2. The van der Waals surface area contributed by atoms with E-state index < -0.39 is 11.9 Å². The molecule has 4 heteroatoms. The molecule has 0 aliphatic carbocycles. The van der Waals surface area contributed by atoms with Crippen molar-refractivity contribution in [1.29, 1.82) is 0 Å². The fourth-order valence-electron chi connectivity index (χ4n) is 3.67. The van der Waals surface area contributed by atoms with Crippen LogP contribution in [0.3, 0.4) is 0 Å². The maximum atomic E-state index is 11.7. The summed E-state index contributed by atoms with van der Waals surface area (Å²) in [5.41, 5.74) is 0. The number of esters is 2. The molecule has 0 unspecified atom stereocenters. The lowest BCUT2D eigenvalue weighted by molar-refractivity contribution is -0.154. The summed E-state index contributed by atoms with van der Waals surface area (Å²) in [5, 5.41) is 0. The van der Waals surface area contributed by atoms with E-state index in [-0.39, 0.29) is 6.42 Å². The number of unbranched alkanes of at least 4 members (excludes halogenated alkanes) is 12. The molecule has 0 rings (SSSR count). The van der Waals surface area contributed by atoms with Crippen molar-refractivity contribution in [2.24, 2.45) is 11.8 Å². The molecule has 4 nitrogen and oxygen atoms in total. The van der Waals surface area contributed by atoms with Crippen LogP contribution in [0, 0.1) is 11.8 Å². The third kappa shape index (κ3) is 25.1. The first-order chi connectivity index (χ1) is 14.9. The monoisotopic (exact) mass is 440 g/mol. The lowest BCUT2D eigenvalue weighted by Crippen LogP contribution is -2.15. The van der Waals surface area contributed by atoms with Crippen LogP contribution in [-0.2, 0) is 19.1 Å². The average molecular weight is 441 g/mol. The van der Waals surface area contributed by atoms with Crippen molar-refractivity contribution < 1.29 is 19.1 Å². The predicted molar refractivity (Wildman–Crippen MR) is 130 cm³/mol. The topological polar surface area (TPSA) is 52.6 Å². The maximum Gasteiger partial charge on any atom is 0.317 e. The molecule has 0 aliphatic heterocycles. The summed E-state index contributed by atoms with van der Waals surface area (Å²) >= 11 is 0. The van der Waals surface area contributed by atoms with Gasteiger partial charge in [0.25, 0.3) is 0 Å². The van der Waals surface area contributed by atoms with Gasteiger partial charge in [0.1, 0.15) is 6.42 Å². The standard InChI is InChI=1S/C27H52O4/c1-24(2)19-15-11-7-5-9-13-17-21-30-26(28)23-27(29)31-22-18-14-10-6-8-12-16-20-25(3)4/h24-25H,5-23H2,1-4H3. The van der Waals surface area contributed by atoms with E-state index in [0.717, 1.165) is 37.5 Å². The Morgan fingerprint density at radius 2 is 0.774 bits per heavy atom. The van der Waals surface area contributed by atoms with Crippen LogP contribution in [-0.4, -0.2) is 25.2 Å². The molecule has 0 aliphatic rings. The Balaban J connectivity index is 3.34. The van der Waals surface area contributed by atoms with Crippen LogP contribution in [0.2, 0.25) is 0 Å². The molecule has 0 heterocycles. The first kappa shape index (κ1) is 29.9. The van der Waals surface area contributed by atoms with Crippen LogP contribution in [0.4, 0.5) is 0 Å². The molecule has 0 fully saturated rings. The largest absolute Gasteiger partial charge is 0.465 e. The first-order valence-electron chi connectivity index (χ1n) is 13.2. The molecule has 0 aromatic carbocycles. The number of hydrogen-bond donors (Lipinski definition) is 0. The van der Waals surface area contributed by atoms with Crippen molar-refractivity contribution in [3.8, 4) is 0 Å². The Morgan fingerprint density at radius 1 is 0.484 bits per heavy atom. The molecule has 184 valence electrons. The van der Waals surface area contributed by atoms with Crippen LogP contribution in [0.5, 0.6) is 0 Å². The van der Waals surface area contributed by atoms with Crippen molar-refractivity contribution >= 4 is 11.9 Å². The van der Waals surface area contributed by atoms with Gasteiger partial charge in [-0.3, -0.25) is 9.59 Å². The van der Waals surface area contributed by atoms with E-state index in [9.17, 15) is 9.59 Å². The molecule has 31 heavy (non-hydrogen) atoms. The van der Waals surface area contributed by atoms with Gasteiger partial charge in [-0.05, 0) is 24.7 Å². The first-order valence-corrected chi connectivity index (χ1v) is 13.2. The number of rotatable bonds is 22. The Hall–Kier alpha value is -1.06. The summed E-state index contributed by atoms with van der Waals surface area (Å²) in [5.74, 6) is 0.706.